The van der Waals surface area contributed by atoms with Gasteiger partial charge in [-0.2, -0.15) is 11.8 Å². The van der Waals surface area contributed by atoms with Crippen LogP contribution in [0.3, 0.4) is 0 Å². The highest BCUT2D eigenvalue weighted by molar-refractivity contribution is 7.99. The van der Waals surface area contributed by atoms with E-state index < -0.39 is 10.0 Å². The number of rotatable bonds is 6. The molecule has 2 rings (SSSR count). The fourth-order valence-electron chi connectivity index (χ4n) is 2.23. The third kappa shape index (κ3) is 4.48. The monoisotopic (exact) mass is 314 g/mol. The minimum absolute atomic E-state index is 0.0720. The van der Waals surface area contributed by atoms with Crippen molar-refractivity contribution >= 4 is 21.8 Å². The van der Waals surface area contributed by atoms with Crippen molar-refractivity contribution in [1.82, 2.24) is 10.0 Å². The highest BCUT2D eigenvalue weighted by Crippen LogP contribution is 2.19. The molecule has 1 aliphatic heterocycles. The Morgan fingerprint density at radius 2 is 2.05 bits per heavy atom. The molecule has 0 amide bonds. The minimum Gasteiger partial charge on any atom is -0.319 e. The maximum Gasteiger partial charge on any atom is 0.240 e. The summed E-state index contributed by atoms with van der Waals surface area (Å²) in [6.07, 6.45) is 2.93. The summed E-state index contributed by atoms with van der Waals surface area (Å²) < 4.78 is 27.4. The largest absolute Gasteiger partial charge is 0.319 e. The second-order valence-corrected chi connectivity index (χ2v) is 7.90. The summed E-state index contributed by atoms with van der Waals surface area (Å²) in [5.41, 5.74) is 1.14. The van der Waals surface area contributed by atoms with Gasteiger partial charge < -0.3 is 5.32 Å². The van der Waals surface area contributed by atoms with Crippen LogP contribution in [0.2, 0.25) is 0 Å². The second kappa shape index (κ2) is 7.45. The highest BCUT2D eigenvalue weighted by Gasteiger charge is 2.21. The number of thioether (sulfide) groups is 1. The van der Waals surface area contributed by atoms with Crippen LogP contribution in [0.4, 0.5) is 0 Å². The topological polar surface area (TPSA) is 58.2 Å². The summed E-state index contributed by atoms with van der Waals surface area (Å²) >= 11 is 1.82. The van der Waals surface area contributed by atoms with E-state index in [-0.39, 0.29) is 6.04 Å². The number of likely N-dealkylation sites (N-methyl/N-ethyl adjacent to an activating group) is 1. The molecule has 0 aliphatic carbocycles. The van der Waals surface area contributed by atoms with Crippen LogP contribution in [-0.4, -0.2) is 39.6 Å². The van der Waals surface area contributed by atoms with Gasteiger partial charge in [0.1, 0.15) is 0 Å². The van der Waals surface area contributed by atoms with Crippen molar-refractivity contribution in [2.45, 2.75) is 30.2 Å². The zero-order valence-corrected chi connectivity index (χ0v) is 13.4. The van der Waals surface area contributed by atoms with E-state index in [9.17, 15) is 8.42 Å². The van der Waals surface area contributed by atoms with Gasteiger partial charge in [-0.05, 0) is 56.3 Å². The van der Waals surface area contributed by atoms with Crippen molar-refractivity contribution in [2.24, 2.45) is 0 Å². The highest BCUT2D eigenvalue weighted by atomic mass is 32.2. The van der Waals surface area contributed by atoms with E-state index >= 15 is 0 Å². The first kappa shape index (κ1) is 15.8. The lowest BCUT2D eigenvalue weighted by Crippen LogP contribution is -2.38. The standard InChI is InChI=1S/C14H22N2O2S2/c1-15-9-8-12-4-6-14(7-5-12)20(17,18)16-13-3-2-10-19-11-13/h4-7,13,15-16H,2-3,8-11H2,1H3. The quantitative estimate of drug-likeness (QED) is 0.838. The Morgan fingerprint density at radius 1 is 1.30 bits per heavy atom. The normalized spacial score (nSPS) is 19.9. The van der Waals surface area contributed by atoms with Gasteiger partial charge in [0.2, 0.25) is 10.0 Å². The van der Waals surface area contributed by atoms with Crippen molar-refractivity contribution < 1.29 is 8.42 Å². The number of benzene rings is 1. The van der Waals surface area contributed by atoms with Gasteiger partial charge >= 0.3 is 0 Å². The molecule has 0 spiro atoms. The maximum atomic E-state index is 12.3. The molecule has 4 nitrogen and oxygen atoms in total. The zero-order valence-electron chi connectivity index (χ0n) is 11.8. The van der Waals surface area contributed by atoms with Crippen LogP contribution in [0.15, 0.2) is 29.2 Å². The fraction of sp³-hybridized carbons (Fsp3) is 0.571. The van der Waals surface area contributed by atoms with E-state index in [2.05, 4.69) is 10.0 Å². The molecule has 1 saturated heterocycles. The first-order valence-corrected chi connectivity index (χ1v) is 9.59. The van der Waals surface area contributed by atoms with Gasteiger partial charge in [-0.15, -0.1) is 0 Å². The molecule has 0 aromatic heterocycles. The van der Waals surface area contributed by atoms with Gasteiger partial charge in [0.15, 0.2) is 0 Å². The molecule has 6 heteroatoms. The van der Waals surface area contributed by atoms with E-state index in [1.807, 2.05) is 30.9 Å². The molecule has 1 unspecified atom stereocenters. The SMILES string of the molecule is CNCCc1ccc(S(=O)(=O)NC2CCCSC2)cc1. The average molecular weight is 314 g/mol. The van der Waals surface area contributed by atoms with Gasteiger partial charge in [-0.25, -0.2) is 13.1 Å². The van der Waals surface area contributed by atoms with E-state index in [0.29, 0.717) is 4.90 Å². The molecular weight excluding hydrogens is 292 g/mol. The molecule has 0 bridgehead atoms. The van der Waals surface area contributed by atoms with Crippen molar-refractivity contribution in [2.75, 3.05) is 25.1 Å². The van der Waals surface area contributed by atoms with Crippen LogP contribution in [-0.2, 0) is 16.4 Å². The summed E-state index contributed by atoms with van der Waals surface area (Å²) in [6, 6.07) is 7.25. The third-order valence-corrected chi connectivity index (χ3v) is 6.13. The molecular formula is C14H22N2O2S2. The number of sulfonamides is 1. The summed E-state index contributed by atoms with van der Waals surface area (Å²) in [4.78, 5) is 0.362. The van der Waals surface area contributed by atoms with Gasteiger partial charge in [-0.1, -0.05) is 12.1 Å². The molecule has 1 atom stereocenters. The molecule has 1 heterocycles. The molecule has 2 N–H and O–H groups in total. The predicted molar refractivity (Wildman–Crippen MR) is 84.7 cm³/mol. The molecule has 0 radical (unpaired) electrons. The van der Waals surface area contributed by atoms with E-state index in [1.54, 1.807) is 12.1 Å². The predicted octanol–water partition coefficient (Wildman–Crippen LogP) is 1.62. The van der Waals surface area contributed by atoms with Crippen LogP contribution >= 0.6 is 11.8 Å². The minimum atomic E-state index is -3.38. The Hall–Kier alpha value is -0.560. The molecule has 1 aromatic rings. The van der Waals surface area contributed by atoms with Gasteiger partial charge in [0.05, 0.1) is 4.90 Å². The number of nitrogens with one attached hydrogen (secondary N) is 2. The van der Waals surface area contributed by atoms with Gasteiger partial charge in [0.25, 0.3) is 0 Å². The number of hydrogen-bond donors (Lipinski definition) is 2. The Kier molecular flexibility index (Phi) is 5.89. The Bertz CT molecular complexity index is 508. The van der Waals surface area contributed by atoms with E-state index in [1.165, 1.54) is 0 Å². The van der Waals surface area contributed by atoms with Gasteiger partial charge in [0, 0.05) is 11.8 Å². The Labute approximate surface area is 125 Å². The summed E-state index contributed by atoms with van der Waals surface area (Å²) in [7, 11) is -1.47. The lowest BCUT2D eigenvalue weighted by molar-refractivity contribution is 0.543. The molecule has 20 heavy (non-hydrogen) atoms. The van der Waals surface area contributed by atoms with Crippen molar-refractivity contribution in [3.8, 4) is 0 Å². The zero-order chi connectivity index (χ0) is 14.4. The Morgan fingerprint density at radius 3 is 2.65 bits per heavy atom. The molecule has 112 valence electrons. The summed E-state index contributed by atoms with van der Waals surface area (Å²) in [5.74, 6) is 2.01. The molecule has 1 fully saturated rings. The van der Waals surface area contributed by atoms with Crippen LogP contribution in [0.25, 0.3) is 0 Å². The van der Waals surface area contributed by atoms with E-state index in [0.717, 1.165) is 42.9 Å². The van der Waals surface area contributed by atoms with E-state index in [4.69, 9.17) is 0 Å². The summed E-state index contributed by atoms with van der Waals surface area (Å²) in [6.45, 7) is 0.893. The second-order valence-electron chi connectivity index (χ2n) is 5.03. The first-order chi connectivity index (χ1) is 9.62. The smallest absolute Gasteiger partial charge is 0.240 e. The Balaban J connectivity index is 2.01. The van der Waals surface area contributed by atoms with Crippen LogP contribution in [0.5, 0.6) is 0 Å². The maximum absolute atomic E-state index is 12.3. The first-order valence-electron chi connectivity index (χ1n) is 6.95. The van der Waals surface area contributed by atoms with Crippen LogP contribution < -0.4 is 10.0 Å². The van der Waals surface area contributed by atoms with Crippen molar-refractivity contribution in [3.63, 3.8) is 0 Å². The number of hydrogen-bond acceptors (Lipinski definition) is 4. The lowest BCUT2D eigenvalue weighted by Gasteiger charge is -2.22. The van der Waals surface area contributed by atoms with Crippen LogP contribution in [0, 0.1) is 0 Å². The van der Waals surface area contributed by atoms with Gasteiger partial charge in [-0.3, -0.25) is 0 Å². The molecule has 0 saturated carbocycles. The van der Waals surface area contributed by atoms with Crippen LogP contribution in [0.1, 0.15) is 18.4 Å². The molecule has 1 aliphatic rings. The summed E-state index contributed by atoms with van der Waals surface area (Å²) in [5, 5.41) is 3.08. The average Bonchev–Trinajstić information content (AvgIpc) is 2.46. The lowest BCUT2D eigenvalue weighted by atomic mass is 10.1. The molecule has 1 aromatic carbocycles. The third-order valence-electron chi connectivity index (χ3n) is 3.38. The van der Waals surface area contributed by atoms with Crippen molar-refractivity contribution in [1.29, 1.82) is 0 Å². The van der Waals surface area contributed by atoms with Crippen molar-refractivity contribution in [3.05, 3.63) is 29.8 Å². The fourth-order valence-corrected chi connectivity index (χ4v) is 4.67.